The van der Waals surface area contributed by atoms with E-state index in [0.29, 0.717) is 5.75 Å². The van der Waals surface area contributed by atoms with Crippen molar-refractivity contribution < 1.29 is 38.0 Å². The van der Waals surface area contributed by atoms with Gasteiger partial charge in [-0.05, 0) is 35.9 Å². The minimum absolute atomic E-state index is 0.0226. The molecule has 2 unspecified atom stereocenters. The van der Waals surface area contributed by atoms with Gasteiger partial charge in [0, 0.05) is 6.20 Å². The number of hydrogen-bond donors (Lipinski definition) is 1. The lowest BCUT2D eigenvalue weighted by Crippen LogP contribution is -2.29. The molecule has 0 bridgehead atoms. The van der Waals surface area contributed by atoms with Crippen LogP contribution < -0.4 is 20.5 Å². The van der Waals surface area contributed by atoms with Crippen LogP contribution in [0.4, 0.5) is 15.4 Å². The summed E-state index contributed by atoms with van der Waals surface area (Å²) in [6.45, 7) is -0.149. The highest BCUT2D eigenvalue weighted by Crippen LogP contribution is 2.21. The van der Waals surface area contributed by atoms with Crippen molar-refractivity contribution in [1.82, 2.24) is 9.55 Å². The van der Waals surface area contributed by atoms with Crippen molar-refractivity contribution in [2.45, 2.75) is 19.1 Å². The molecular weight excluding hydrogens is 474 g/mol. The quantitative estimate of drug-likeness (QED) is 0.365. The topological polar surface area (TPSA) is 136 Å². The molecule has 12 heteroatoms. The Balaban J connectivity index is 1.22. The third kappa shape index (κ3) is 6.81. The molecule has 0 spiro atoms. The number of benzene rings is 2. The normalized spacial score (nSPS) is 16.7. The summed E-state index contributed by atoms with van der Waals surface area (Å²) in [5, 5.41) is 2.40. The van der Waals surface area contributed by atoms with Crippen LogP contribution in [0.2, 0.25) is 0 Å². The van der Waals surface area contributed by atoms with Gasteiger partial charge in [0.1, 0.15) is 30.5 Å². The molecule has 1 aromatic heterocycles. The zero-order valence-corrected chi connectivity index (χ0v) is 19.2. The molecule has 1 aliphatic rings. The highest BCUT2D eigenvalue weighted by atomic mass is 16.8. The Labute approximate surface area is 205 Å². The van der Waals surface area contributed by atoms with Gasteiger partial charge in [-0.2, -0.15) is 4.98 Å². The maximum absolute atomic E-state index is 12.4. The molecular formula is C24H23N3O9. The summed E-state index contributed by atoms with van der Waals surface area (Å²) in [6.07, 6.45) is -1.99. The molecule has 2 aromatic carbocycles. The van der Waals surface area contributed by atoms with Gasteiger partial charge in [-0.1, -0.05) is 30.3 Å². The molecule has 1 saturated heterocycles. The van der Waals surface area contributed by atoms with Gasteiger partial charge in [0.2, 0.25) is 0 Å². The van der Waals surface area contributed by atoms with Crippen molar-refractivity contribution in [1.29, 1.82) is 0 Å². The fraction of sp³-hybridized carbons (Fsp3) is 0.250. The SMILES string of the molecule is COc1ccc(OC(=O)OCC2OCC(n3ccc(NC(=O)OCc4ccccc4)nc3=O)O2)cc1. The second kappa shape index (κ2) is 11.8. The van der Waals surface area contributed by atoms with Crippen LogP contribution in [0.15, 0.2) is 71.7 Å². The number of carbonyl (C=O) groups is 2. The fourth-order valence-corrected chi connectivity index (χ4v) is 3.15. The number of amides is 1. The summed E-state index contributed by atoms with van der Waals surface area (Å²) in [5.41, 5.74) is 0.145. The summed E-state index contributed by atoms with van der Waals surface area (Å²) in [6, 6.07) is 17.0. The first kappa shape index (κ1) is 24.7. The zero-order valence-electron chi connectivity index (χ0n) is 19.2. The molecule has 2 heterocycles. The Morgan fingerprint density at radius 2 is 1.81 bits per heavy atom. The fourth-order valence-electron chi connectivity index (χ4n) is 3.15. The van der Waals surface area contributed by atoms with Crippen molar-refractivity contribution in [2.24, 2.45) is 0 Å². The number of nitrogens with one attached hydrogen (secondary N) is 1. The molecule has 188 valence electrons. The molecule has 1 N–H and O–H groups in total. The molecule has 2 atom stereocenters. The van der Waals surface area contributed by atoms with Crippen molar-refractivity contribution in [3.05, 3.63) is 82.9 Å². The van der Waals surface area contributed by atoms with Crippen LogP contribution in [0, 0.1) is 0 Å². The maximum atomic E-state index is 12.4. The van der Waals surface area contributed by atoms with Gasteiger partial charge in [0.15, 0.2) is 12.5 Å². The summed E-state index contributed by atoms with van der Waals surface area (Å²) >= 11 is 0. The largest absolute Gasteiger partial charge is 0.514 e. The zero-order chi connectivity index (χ0) is 25.3. The van der Waals surface area contributed by atoms with Crippen molar-refractivity contribution in [2.75, 3.05) is 25.6 Å². The van der Waals surface area contributed by atoms with Crippen LogP contribution in [0.25, 0.3) is 0 Å². The standard InChI is InChI=1S/C24H23N3O9/c1-31-17-7-9-18(10-8-17)35-24(30)34-15-21-32-14-20(36-21)27-12-11-19(25-22(27)28)26-23(29)33-13-16-5-3-2-4-6-16/h2-12,20-21H,13-15H2,1H3,(H,25,26,28,29). The minimum atomic E-state index is -0.941. The van der Waals surface area contributed by atoms with E-state index in [2.05, 4.69) is 10.3 Å². The number of anilines is 1. The van der Waals surface area contributed by atoms with Crippen LogP contribution in [-0.4, -0.2) is 48.4 Å². The van der Waals surface area contributed by atoms with E-state index in [0.717, 1.165) is 5.56 Å². The van der Waals surface area contributed by atoms with E-state index in [1.54, 1.807) is 24.3 Å². The Hall–Kier alpha value is -4.42. The lowest BCUT2D eigenvalue weighted by Gasteiger charge is -2.14. The third-order valence-electron chi connectivity index (χ3n) is 4.91. The Morgan fingerprint density at radius 1 is 1.06 bits per heavy atom. The molecule has 36 heavy (non-hydrogen) atoms. The Bertz CT molecular complexity index is 1230. The Kier molecular flexibility index (Phi) is 8.11. The van der Waals surface area contributed by atoms with Gasteiger partial charge in [-0.15, -0.1) is 0 Å². The number of carbonyl (C=O) groups excluding carboxylic acids is 2. The van der Waals surface area contributed by atoms with Gasteiger partial charge >= 0.3 is 17.9 Å². The molecule has 0 radical (unpaired) electrons. The predicted molar refractivity (Wildman–Crippen MR) is 124 cm³/mol. The lowest BCUT2D eigenvalue weighted by molar-refractivity contribution is -0.105. The predicted octanol–water partition coefficient (Wildman–Crippen LogP) is 3.09. The van der Waals surface area contributed by atoms with E-state index in [4.69, 9.17) is 28.4 Å². The van der Waals surface area contributed by atoms with Gasteiger partial charge in [-0.3, -0.25) is 9.88 Å². The van der Waals surface area contributed by atoms with Crippen LogP contribution >= 0.6 is 0 Å². The third-order valence-corrected chi connectivity index (χ3v) is 4.91. The lowest BCUT2D eigenvalue weighted by atomic mass is 10.2. The molecule has 12 nitrogen and oxygen atoms in total. The molecule has 1 aliphatic heterocycles. The van der Waals surface area contributed by atoms with Gasteiger partial charge < -0.3 is 28.4 Å². The minimum Gasteiger partial charge on any atom is -0.497 e. The molecule has 3 aromatic rings. The average Bonchev–Trinajstić information content (AvgIpc) is 3.36. The van der Waals surface area contributed by atoms with Gasteiger partial charge in [-0.25, -0.2) is 14.4 Å². The highest BCUT2D eigenvalue weighted by Gasteiger charge is 2.29. The molecule has 0 saturated carbocycles. The van der Waals surface area contributed by atoms with E-state index in [1.165, 1.54) is 23.9 Å². The number of aromatic nitrogens is 2. The summed E-state index contributed by atoms with van der Waals surface area (Å²) in [7, 11) is 1.53. The van der Waals surface area contributed by atoms with Crippen LogP contribution in [-0.2, 0) is 25.6 Å². The number of hydrogen-bond acceptors (Lipinski definition) is 10. The highest BCUT2D eigenvalue weighted by molar-refractivity contribution is 5.83. The van der Waals surface area contributed by atoms with E-state index in [1.807, 2.05) is 30.3 Å². The van der Waals surface area contributed by atoms with Crippen molar-refractivity contribution >= 4 is 18.1 Å². The van der Waals surface area contributed by atoms with Crippen LogP contribution in [0.5, 0.6) is 11.5 Å². The number of nitrogens with zero attached hydrogens (tertiary/aromatic N) is 2. The summed E-state index contributed by atoms with van der Waals surface area (Å²) in [5.74, 6) is 0.919. The average molecular weight is 497 g/mol. The second-order valence-electron chi connectivity index (χ2n) is 7.38. The molecule has 1 fully saturated rings. The summed E-state index contributed by atoms with van der Waals surface area (Å²) < 4.78 is 32.4. The smallest absolute Gasteiger partial charge is 0.497 e. The van der Waals surface area contributed by atoms with Crippen molar-refractivity contribution in [3.8, 4) is 11.5 Å². The van der Waals surface area contributed by atoms with Gasteiger partial charge in [0.05, 0.1) is 13.7 Å². The van der Waals surface area contributed by atoms with E-state index in [-0.39, 0.29) is 31.4 Å². The Morgan fingerprint density at radius 3 is 2.53 bits per heavy atom. The van der Waals surface area contributed by atoms with Gasteiger partial charge in [0.25, 0.3) is 0 Å². The van der Waals surface area contributed by atoms with E-state index >= 15 is 0 Å². The first-order valence-electron chi connectivity index (χ1n) is 10.8. The second-order valence-corrected chi connectivity index (χ2v) is 7.38. The summed E-state index contributed by atoms with van der Waals surface area (Å²) in [4.78, 5) is 40.1. The first-order chi connectivity index (χ1) is 17.5. The molecule has 0 aliphatic carbocycles. The van der Waals surface area contributed by atoms with Crippen molar-refractivity contribution in [3.63, 3.8) is 0 Å². The first-order valence-corrected chi connectivity index (χ1v) is 10.8. The number of rotatable bonds is 8. The monoisotopic (exact) mass is 497 g/mol. The van der Waals surface area contributed by atoms with E-state index in [9.17, 15) is 14.4 Å². The molecule has 1 amide bonds. The van der Waals surface area contributed by atoms with Crippen LogP contribution in [0.1, 0.15) is 11.8 Å². The number of methoxy groups -OCH3 is 1. The molecule has 4 rings (SSSR count). The van der Waals surface area contributed by atoms with E-state index < -0.39 is 30.5 Å². The van der Waals surface area contributed by atoms with Crippen LogP contribution in [0.3, 0.4) is 0 Å². The number of ether oxygens (including phenoxy) is 6. The maximum Gasteiger partial charge on any atom is 0.514 e.